The molecule has 25 heavy (non-hydrogen) atoms. The molecule has 0 spiro atoms. The summed E-state index contributed by atoms with van der Waals surface area (Å²) in [6.45, 7) is -0.879. The van der Waals surface area contributed by atoms with Gasteiger partial charge >= 0.3 is 17.1 Å². The molecule has 2 aromatic heterocycles. The van der Waals surface area contributed by atoms with Crippen molar-refractivity contribution in [2.24, 2.45) is 0 Å². The molecular weight excluding hydrogens is 338 g/mol. The smallest absolute Gasteiger partial charge is 0.349 e. The van der Waals surface area contributed by atoms with Gasteiger partial charge in [-0.3, -0.25) is 19.7 Å². The number of carbonyl (C=O) groups is 1. The van der Waals surface area contributed by atoms with Gasteiger partial charge in [0.25, 0.3) is 5.69 Å². The van der Waals surface area contributed by atoms with Gasteiger partial charge in [-0.05, 0) is 6.07 Å². The monoisotopic (exact) mass is 347 g/mol. The normalized spacial score (nSPS) is 10.7. The van der Waals surface area contributed by atoms with E-state index in [1.807, 2.05) is 0 Å². The van der Waals surface area contributed by atoms with Crippen molar-refractivity contribution in [1.29, 1.82) is 0 Å². The predicted molar refractivity (Wildman–Crippen MR) is 81.7 cm³/mol. The molecule has 12 heteroatoms. The van der Waals surface area contributed by atoms with Crippen LogP contribution in [0, 0.1) is 10.1 Å². The number of nitrogens with one attached hydrogen (secondary N) is 1. The van der Waals surface area contributed by atoms with Crippen molar-refractivity contribution in [3.05, 3.63) is 61.7 Å². The summed E-state index contributed by atoms with van der Waals surface area (Å²) in [7, 11) is 0. The highest BCUT2D eigenvalue weighted by atomic mass is 16.7. The Kier molecular flexibility index (Phi) is 3.77. The van der Waals surface area contributed by atoms with Crippen molar-refractivity contribution in [1.82, 2.24) is 19.3 Å². The zero-order chi connectivity index (χ0) is 18.1. The third kappa shape index (κ3) is 2.83. The second kappa shape index (κ2) is 5.92. The molecule has 0 aliphatic carbocycles. The fourth-order valence-corrected chi connectivity index (χ4v) is 2.21. The van der Waals surface area contributed by atoms with Crippen LogP contribution in [0.4, 0.5) is 5.69 Å². The lowest BCUT2D eigenvalue weighted by atomic mass is 10.2. The van der Waals surface area contributed by atoms with Crippen LogP contribution in [0.5, 0.6) is 0 Å². The molecule has 3 aromatic rings. The number of benzene rings is 1. The Hall–Kier alpha value is -3.96. The number of aliphatic carboxylic acids is 1. The Morgan fingerprint density at radius 1 is 1.40 bits per heavy atom. The number of nitrogens with zero attached hydrogens (tertiary/aromatic N) is 4. The molecule has 0 fully saturated rings. The number of imidazole rings is 1. The number of aromatic amines is 1. The third-order valence-electron chi connectivity index (χ3n) is 3.23. The quantitative estimate of drug-likeness (QED) is 0.347. The van der Waals surface area contributed by atoms with Gasteiger partial charge in [-0.1, -0.05) is 0 Å². The number of H-pyrrole nitrogens is 1. The molecule has 0 unspecified atom stereocenters. The summed E-state index contributed by atoms with van der Waals surface area (Å²) in [4.78, 5) is 55.8. The summed E-state index contributed by atoms with van der Waals surface area (Å²) in [5.41, 5.74) is -2.67. The molecule has 0 bridgehead atoms. The molecule has 0 atom stereocenters. The van der Waals surface area contributed by atoms with Crippen LogP contribution in [-0.2, 0) is 4.79 Å². The van der Waals surface area contributed by atoms with E-state index in [2.05, 4.69) is 9.97 Å². The first-order valence-corrected chi connectivity index (χ1v) is 6.69. The summed E-state index contributed by atoms with van der Waals surface area (Å²) in [6.07, 6.45) is 4.15. The lowest BCUT2D eigenvalue weighted by Gasteiger charge is -2.11. The minimum Gasteiger partial charge on any atom is -0.479 e. The predicted octanol–water partition coefficient (Wildman–Crippen LogP) is -0.703. The van der Waals surface area contributed by atoms with Crippen LogP contribution in [0.25, 0.3) is 16.7 Å². The van der Waals surface area contributed by atoms with Crippen molar-refractivity contribution in [2.75, 3.05) is 6.61 Å². The van der Waals surface area contributed by atoms with E-state index in [0.29, 0.717) is 4.73 Å². The summed E-state index contributed by atoms with van der Waals surface area (Å²) >= 11 is 0. The highest BCUT2D eigenvalue weighted by Gasteiger charge is 2.20. The molecule has 12 nitrogen and oxygen atoms in total. The Morgan fingerprint density at radius 3 is 2.76 bits per heavy atom. The van der Waals surface area contributed by atoms with Crippen molar-refractivity contribution in [2.45, 2.75) is 0 Å². The Balaban J connectivity index is 2.35. The summed E-state index contributed by atoms with van der Waals surface area (Å²) in [5, 5.41) is 20.0. The number of nitro benzene ring substituents is 1. The second-order valence-electron chi connectivity index (χ2n) is 4.81. The van der Waals surface area contributed by atoms with Gasteiger partial charge in [-0.2, -0.15) is 0 Å². The van der Waals surface area contributed by atoms with Gasteiger partial charge in [0, 0.05) is 18.5 Å². The molecule has 0 saturated carbocycles. The number of aromatic nitrogens is 4. The minimum atomic E-state index is -1.36. The maximum atomic E-state index is 12.0. The fraction of sp³-hybridized carbons (Fsp3) is 0.0769. The number of carboxylic acids is 1. The maximum absolute atomic E-state index is 12.0. The number of rotatable bonds is 5. The highest BCUT2D eigenvalue weighted by Crippen LogP contribution is 2.26. The van der Waals surface area contributed by atoms with Gasteiger partial charge in [-0.25, -0.2) is 9.78 Å². The van der Waals surface area contributed by atoms with Crippen LogP contribution >= 0.6 is 0 Å². The molecule has 0 amide bonds. The highest BCUT2D eigenvalue weighted by molar-refractivity contribution is 5.82. The maximum Gasteiger partial charge on any atom is 0.349 e. The van der Waals surface area contributed by atoms with Crippen LogP contribution in [0.15, 0.2) is 40.4 Å². The van der Waals surface area contributed by atoms with Gasteiger partial charge in [0.15, 0.2) is 0 Å². The number of carboxylic acid groups (broad SMARTS) is 1. The number of fused-ring (bicyclic) bond motifs is 1. The van der Waals surface area contributed by atoms with Crippen molar-refractivity contribution in [3.63, 3.8) is 0 Å². The minimum absolute atomic E-state index is 0.0415. The van der Waals surface area contributed by atoms with Gasteiger partial charge in [0.05, 0.1) is 16.8 Å². The standard InChI is InChI=1S/C13H9N5O7/c19-11(20)5-25-17-8-4-9(16-2-1-14-6-16)10(18(23)24)3-7(8)15-12(21)13(17)22/h1-4,6H,5H2,(H,15,21)(H,19,20). The molecule has 2 heterocycles. The van der Waals surface area contributed by atoms with E-state index < -0.39 is 28.6 Å². The van der Waals surface area contributed by atoms with Crippen LogP contribution in [0.2, 0.25) is 0 Å². The molecule has 3 rings (SSSR count). The zero-order valence-electron chi connectivity index (χ0n) is 12.3. The first-order valence-electron chi connectivity index (χ1n) is 6.69. The average Bonchev–Trinajstić information content (AvgIpc) is 3.08. The SMILES string of the molecule is O=C(O)COn1c(=O)c(=O)[nH]c2cc([N+](=O)[O-])c(-n3ccnc3)cc21. The topological polar surface area (TPSA) is 162 Å². The van der Waals surface area contributed by atoms with Crippen LogP contribution in [0.1, 0.15) is 0 Å². The summed E-state index contributed by atoms with van der Waals surface area (Å²) in [5.74, 6) is -1.36. The molecule has 0 aliphatic rings. The molecule has 0 radical (unpaired) electrons. The van der Waals surface area contributed by atoms with Crippen LogP contribution < -0.4 is 16.0 Å². The Labute approximate surface area is 136 Å². The average molecular weight is 347 g/mol. The van der Waals surface area contributed by atoms with Crippen LogP contribution in [-0.4, -0.2) is 41.9 Å². The molecule has 0 saturated heterocycles. The fourth-order valence-electron chi connectivity index (χ4n) is 2.21. The van der Waals surface area contributed by atoms with Crippen molar-refractivity contribution in [3.8, 4) is 5.69 Å². The largest absolute Gasteiger partial charge is 0.479 e. The first kappa shape index (κ1) is 15.9. The Bertz CT molecular complexity index is 1100. The molecular formula is C13H9N5O7. The van der Waals surface area contributed by atoms with E-state index in [-0.39, 0.29) is 22.4 Å². The van der Waals surface area contributed by atoms with Crippen molar-refractivity contribution >= 4 is 22.7 Å². The number of nitro groups is 1. The first-order chi connectivity index (χ1) is 11.9. The Morgan fingerprint density at radius 2 is 2.16 bits per heavy atom. The van der Waals surface area contributed by atoms with E-state index in [4.69, 9.17) is 9.94 Å². The van der Waals surface area contributed by atoms with Crippen molar-refractivity contribution < 1.29 is 19.7 Å². The van der Waals surface area contributed by atoms with E-state index in [1.54, 1.807) is 0 Å². The van der Waals surface area contributed by atoms with Gasteiger partial charge in [-0.15, -0.1) is 4.73 Å². The van der Waals surface area contributed by atoms with E-state index in [1.165, 1.54) is 29.4 Å². The van der Waals surface area contributed by atoms with Gasteiger partial charge in [0.1, 0.15) is 11.2 Å². The summed E-state index contributed by atoms with van der Waals surface area (Å²) in [6, 6.07) is 2.26. The van der Waals surface area contributed by atoms with E-state index in [0.717, 1.165) is 6.07 Å². The third-order valence-corrected chi connectivity index (χ3v) is 3.23. The lowest BCUT2D eigenvalue weighted by molar-refractivity contribution is -0.384. The lowest BCUT2D eigenvalue weighted by Crippen LogP contribution is -2.40. The molecule has 0 aliphatic heterocycles. The zero-order valence-corrected chi connectivity index (χ0v) is 12.3. The van der Waals surface area contributed by atoms with Gasteiger partial charge < -0.3 is 19.5 Å². The molecule has 2 N–H and O–H groups in total. The number of hydrogen-bond acceptors (Lipinski definition) is 7. The van der Waals surface area contributed by atoms with Crippen LogP contribution in [0.3, 0.4) is 0 Å². The van der Waals surface area contributed by atoms with E-state index >= 15 is 0 Å². The van der Waals surface area contributed by atoms with E-state index in [9.17, 15) is 24.5 Å². The molecule has 128 valence electrons. The number of hydrogen-bond donors (Lipinski definition) is 2. The molecule has 1 aromatic carbocycles. The second-order valence-corrected chi connectivity index (χ2v) is 4.81. The van der Waals surface area contributed by atoms with Gasteiger partial charge in [0.2, 0.25) is 6.61 Å². The summed E-state index contributed by atoms with van der Waals surface area (Å²) < 4.78 is 1.82.